The summed E-state index contributed by atoms with van der Waals surface area (Å²) in [5.41, 5.74) is 1.61. The second-order valence-corrected chi connectivity index (χ2v) is 7.56. The molecule has 2 aromatic carbocycles. The number of nitrogens with zero attached hydrogens (tertiary/aromatic N) is 2. The summed E-state index contributed by atoms with van der Waals surface area (Å²) >= 11 is 0. The molecule has 0 unspecified atom stereocenters. The van der Waals surface area contributed by atoms with Crippen molar-refractivity contribution in [2.45, 2.75) is 11.4 Å². The van der Waals surface area contributed by atoms with Gasteiger partial charge in [-0.15, -0.1) is 0 Å². The average molecular weight is 359 g/mol. The second kappa shape index (κ2) is 7.37. The molecule has 132 valence electrons. The molecule has 0 aliphatic carbocycles. The lowest BCUT2D eigenvalue weighted by molar-refractivity contribution is 0.145. The Morgan fingerprint density at radius 1 is 1.08 bits per heavy atom. The predicted octanol–water partition coefficient (Wildman–Crippen LogP) is 2.20. The molecule has 0 amide bonds. The normalized spacial score (nSPS) is 12.1. The smallest absolute Gasteiger partial charge is 0.268 e. The molecular weight excluding hydrogens is 338 g/mol. The number of rotatable bonds is 7. The third-order valence-corrected chi connectivity index (χ3v) is 5.75. The first-order valence-electron chi connectivity index (χ1n) is 7.92. The van der Waals surface area contributed by atoms with E-state index < -0.39 is 10.0 Å². The van der Waals surface area contributed by atoms with E-state index in [9.17, 15) is 8.42 Å². The van der Waals surface area contributed by atoms with Crippen molar-refractivity contribution in [3.63, 3.8) is 0 Å². The van der Waals surface area contributed by atoms with Gasteiger partial charge in [0, 0.05) is 31.8 Å². The van der Waals surface area contributed by atoms with Crippen molar-refractivity contribution in [1.82, 2.24) is 8.98 Å². The first-order chi connectivity index (χ1) is 12.0. The molecule has 0 atom stereocenters. The molecule has 0 spiro atoms. The van der Waals surface area contributed by atoms with E-state index >= 15 is 0 Å². The zero-order chi connectivity index (χ0) is 17.9. The highest BCUT2D eigenvalue weighted by Gasteiger charge is 2.19. The van der Waals surface area contributed by atoms with Crippen molar-refractivity contribution in [2.75, 3.05) is 20.3 Å². The van der Waals surface area contributed by atoms with Crippen LogP contribution in [-0.2, 0) is 21.3 Å². The van der Waals surface area contributed by atoms with Crippen LogP contribution in [0.4, 0.5) is 0 Å². The summed E-state index contributed by atoms with van der Waals surface area (Å²) in [4.78, 5) is 0.262. The highest BCUT2D eigenvalue weighted by Crippen LogP contribution is 2.25. The Labute approximate surface area is 147 Å². The lowest BCUT2D eigenvalue weighted by Gasteiger charge is -2.16. The minimum Gasteiger partial charge on any atom is -0.383 e. The second-order valence-electron chi connectivity index (χ2n) is 5.74. The van der Waals surface area contributed by atoms with E-state index in [1.54, 1.807) is 54.7 Å². The van der Waals surface area contributed by atoms with E-state index in [-0.39, 0.29) is 4.90 Å². The molecule has 2 N–H and O–H groups in total. The van der Waals surface area contributed by atoms with Crippen molar-refractivity contribution in [2.24, 2.45) is 5.84 Å². The number of benzene rings is 2. The Morgan fingerprint density at radius 2 is 1.84 bits per heavy atom. The molecule has 3 aromatic rings. The van der Waals surface area contributed by atoms with Gasteiger partial charge >= 0.3 is 0 Å². The van der Waals surface area contributed by atoms with Crippen molar-refractivity contribution in [3.8, 4) is 0 Å². The standard InChI is InChI=1S/C18H21N3O3S/c1-24-13-12-20(19)14-15-6-5-9-18-17(15)10-11-21(18)25(22,23)16-7-3-2-4-8-16/h2-11H,12-14,19H2,1H3. The lowest BCUT2D eigenvalue weighted by Crippen LogP contribution is -2.33. The van der Waals surface area contributed by atoms with E-state index in [1.807, 2.05) is 18.2 Å². The van der Waals surface area contributed by atoms with Gasteiger partial charge in [0.05, 0.1) is 17.0 Å². The number of ether oxygens (including phenoxy) is 1. The van der Waals surface area contributed by atoms with Crippen LogP contribution in [0.15, 0.2) is 65.7 Å². The van der Waals surface area contributed by atoms with E-state index in [4.69, 9.17) is 10.6 Å². The van der Waals surface area contributed by atoms with E-state index in [1.165, 1.54) is 3.97 Å². The van der Waals surface area contributed by atoms with Crippen LogP contribution < -0.4 is 5.84 Å². The number of nitrogens with two attached hydrogens (primary N) is 1. The first-order valence-corrected chi connectivity index (χ1v) is 9.36. The lowest BCUT2D eigenvalue weighted by atomic mass is 10.1. The van der Waals surface area contributed by atoms with E-state index in [2.05, 4.69) is 0 Å². The fourth-order valence-corrected chi connectivity index (χ4v) is 4.13. The Balaban J connectivity index is 1.99. The maximum Gasteiger partial charge on any atom is 0.268 e. The van der Waals surface area contributed by atoms with Gasteiger partial charge < -0.3 is 4.74 Å². The number of methoxy groups -OCH3 is 1. The zero-order valence-corrected chi connectivity index (χ0v) is 14.8. The van der Waals surface area contributed by atoms with Crippen molar-refractivity contribution in [1.29, 1.82) is 0 Å². The summed E-state index contributed by atoms with van der Waals surface area (Å²) in [6.45, 7) is 1.64. The van der Waals surface area contributed by atoms with Crippen LogP contribution in [0.1, 0.15) is 5.56 Å². The zero-order valence-electron chi connectivity index (χ0n) is 14.0. The van der Waals surface area contributed by atoms with E-state index in [0.717, 1.165) is 10.9 Å². The third-order valence-electron chi connectivity index (χ3n) is 4.04. The van der Waals surface area contributed by atoms with Crippen LogP contribution in [-0.4, -0.2) is 37.7 Å². The van der Waals surface area contributed by atoms with Crippen LogP contribution >= 0.6 is 0 Å². The molecule has 0 aliphatic heterocycles. The Kier molecular flexibility index (Phi) is 5.19. The number of fused-ring (bicyclic) bond motifs is 1. The summed E-state index contributed by atoms with van der Waals surface area (Å²) in [7, 11) is -2.00. The minimum absolute atomic E-state index is 0.262. The van der Waals surface area contributed by atoms with E-state index in [0.29, 0.717) is 25.2 Å². The topological polar surface area (TPSA) is 77.6 Å². The first kappa shape index (κ1) is 17.6. The summed E-state index contributed by atoms with van der Waals surface area (Å²) in [5, 5.41) is 2.52. The minimum atomic E-state index is -3.63. The average Bonchev–Trinajstić information content (AvgIpc) is 3.07. The van der Waals surface area contributed by atoms with Gasteiger partial charge in [-0.3, -0.25) is 5.84 Å². The SMILES string of the molecule is COCCN(N)Cc1cccc2c1ccn2S(=O)(=O)c1ccccc1. The van der Waals surface area contributed by atoms with Gasteiger partial charge in [0.15, 0.2) is 0 Å². The summed E-state index contributed by atoms with van der Waals surface area (Å²) in [5.74, 6) is 5.99. The third kappa shape index (κ3) is 3.59. The maximum absolute atomic E-state index is 12.9. The predicted molar refractivity (Wildman–Crippen MR) is 97.4 cm³/mol. The Morgan fingerprint density at radius 3 is 2.56 bits per heavy atom. The molecule has 0 bridgehead atoms. The Bertz CT molecular complexity index is 952. The number of hydrazine groups is 1. The molecular formula is C18H21N3O3S. The molecule has 0 aliphatic rings. The van der Waals surface area contributed by atoms with Crippen molar-refractivity contribution >= 4 is 20.9 Å². The largest absolute Gasteiger partial charge is 0.383 e. The Hall–Kier alpha value is -2.19. The molecule has 0 fully saturated rings. The van der Waals surface area contributed by atoms with Crippen LogP contribution in [0.25, 0.3) is 10.9 Å². The monoisotopic (exact) mass is 359 g/mol. The molecule has 0 saturated carbocycles. The molecule has 3 rings (SSSR count). The number of aromatic nitrogens is 1. The molecule has 25 heavy (non-hydrogen) atoms. The molecule has 6 nitrogen and oxygen atoms in total. The summed E-state index contributed by atoms with van der Waals surface area (Å²) in [6.07, 6.45) is 1.59. The van der Waals surface area contributed by atoms with Gasteiger partial charge in [0.1, 0.15) is 0 Å². The van der Waals surface area contributed by atoms with Gasteiger partial charge in [0.2, 0.25) is 0 Å². The van der Waals surface area contributed by atoms with Gasteiger partial charge in [-0.25, -0.2) is 17.4 Å². The molecule has 7 heteroatoms. The summed E-state index contributed by atoms with van der Waals surface area (Å²) < 4.78 is 32.1. The quantitative estimate of drug-likeness (QED) is 0.517. The van der Waals surface area contributed by atoms with Crippen LogP contribution in [0.2, 0.25) is 0 Å². The molecule has 1 heterocycles. The summed E-state index contributed by atoms with van der Waals surface area (Å²) in [6, 6.07) is 15.8. The molecule has 0 saturated heterocycles. The van der Waals surface area contributed by atoms with Crippen LogP contribution in [0.5, 0.6) is 0 Å². The van der Waals surface area contributed by atoms with Gasteiger partial charge in [-0.2, -0.15) is 0 Å². The maximum atomic E-state index is 12.9. The van der Waals surface area contributed by atoms with Gasteiger partial charge in [-0.05, 0) is 29.8 Å². The number of hydrogen-bond acceptors (Lipinski definition) is 5. The fourth-order valence-electron chi connectivity index (χ4n) is 2.77. The molecule has 0 radical (unpaired) electrons. The van der Waals surface area contributed by atoms with Crippen molar-refractivity contribution < 1.29 is 13.2 Å². The van der Waals surface area contributed by atoms with Crippen LogP contribution in [0, 0.1) is 0 Å². The highest BCUT2D eigenvalue weighted by atomic mass is 32.2. The van der Waals surface area contributed by atoms with Crippen LogP contribution in [0.3, 0.4) is 0 Å². The molecule has 1 aromatic heterocycles. The van der Waals surface area contributed by atoms with Gasteiger partial charge in [0.25, 0.3) is 10.0 Å². The fraction of sp³-hybridized carbons (Fsp3) is 0.222. The number of hydrogen-bond donors (Lipinski definition) is 1. The highest BCUT2D eigenvalue weighted by molar-refractivity contribution is 7.90. The van der Waals surface area contributed by atoms with Gasteiger partial charge in [-0.1, -0.05) is 30.3 Å². The van der Waals surface area contributed by atoms with Crippen molar-refractivity contribution in [3.05, 3.63) is 66.4 Å².